The van der Waals surface area contributed by atoms with Crippen LogP contribution in [0.1, 0.15) is 19.8 Å². The number of hydrogen-bond acceptors (Lipinski definition) is 4. The minimum absolute atomic E-state index is 0.105. The highest BCUT2D eigenvalue weighted by Crippen LogP contribution is 2.55. The van der Waals surface area contributed by atoms with E-state index in [1.807, 2.05) is 42.0 Å². The summed E-state index contributed by atoms with van der Waals surface area (Å²) in [5.41, 5.74) is 1.09. The lowest BCUT2D eigenvalue weighted by Crippen LogP contribution is -2.39. The Balaban J connectivity index is 1.49. The Labute approximate surface area is 139 Å². The maximum Gasteiger partial charge on any atom is 0.240 e. The smallest absolute Gasteiger partial charge is 0.240 e. The van der Waals surface area contributed by atoms with E-state index in [0.29, 0.717) is 5.69 Å². The number of benzene rings is 1. The summed E-state index contributed by atoms with van der Waals surface area (Å²) in [6.45, 7) is 1.97. The Morgan fingerprint density at radius 1 is 1.17 bits per heavy atom. The third-order valence-electron chi connectivity index (χ3n) is 5.67. The molecule has 3 fully saturated rings. The number of hydrogen-bond donors (Lipinski definition) is 0. The van der Waals surface area contributed by atoms with Gasteiger partial charge >= 0.3 is 0 Å². The fourth-order valence-corrected chi connectivity index (χ4v) is 4.52. The van der Waals surface area contributed by atoms with E-state index in [1.54, 1.807) is 12.5 Å². The minimum Gasteiger partial charge on any atom is -0.370 e. The second kappa shape index (κ2) is 4.54. The SMILES string of the molecule is CC12CCC(O1)C1C(=O)N(c3ccc(-n4ccnc4)cc3)C(=O)C12. The molecule has 6 nitrogen and oxygen atoms in total. The summed E-state index contributed by atoms with van der Waals surface area (Å²) in [5.74, 6) is -0.888. The molecule has 24 heavy (non-hydrogen) atoms. The number of aromatic nitrogens is 2. The molecule has 0 spiro atoms. The molecule has 2 bridgehead atoms. The van der Waals surface area contributed by atoms with Gasteiger partial charge in [-0.05, 0) is 44.0 Å². The third-order valence-corrected chi connectivity index (χ3v) is 5.67. The number of fused-ring (bicyclic) bond motifs is 5. The normalized spacial score (nSPS) is 34.2. The number of rotatable bonds is 2. The van der Waals surface area contributed by atoms with E-state index in [4.69, 9.17) is 4.74 Å². The van der Waals surface area contributed by atoms with Crippen LogP contribution in [0.4, 0.5) is 5.69 Å². The highest BCUT2D eigenvalue weighted by molar-refractivity contribution is 6.23. The summed E-state index contributed by atoms with van der Waals surface area (Å²) in [6, 6.07) is 7.41. The first-order valence-electron chi connectivity index (χ1n) is 8.22. The molecule has 122 valence electrons. The van der Waals surface area contributed by atoms with Crippen LogP contribution in [0.25, 0.3) is 5.69 Å². The Morgan fingerprint density at radius 3 is 2.58 bits per heavy atom. The summed E-state index contributed by atoms with van der Waals surface area (Å²) in [6.07, 6.45) is 6.88. The zero-order valence-electron chi connectivity index (χ0n) is 13.3. The molecule has 1 aromatic carbocycles. The molecule has 3 aliphatic heterocycles. The Morgan fingerprint density at radius 2 is 1.92 bits per heavy atom. The first kappa shape index (κ1) is 13.9. The molecular weight excluding hydrogens is 306 g/mol. The number of imide groups is 1. The molecule has 0 N–H and O–H groups in total. The summed E-state index contributed by atoms with van der Waals surface area (Å²) in [4.78, 5) is 31.1. The van der Waals surface area contributed by atoms with Crippen LogP contribution in [0.15, 0.2) is 43.0 Å². The van der Waals surface area contributed by atoms with Crippen LogP contribution in [-0.2, 0) is 14.3 Å². The van der Waals surface area contributed by atoms with Gasteiger partial charge in [-0.15, -0.1) is 0 Å². The molecule has 2 amide bonds. The molecule has 5 rings (SSSR count). The van der Waals surface area contributed by atoms with E-state index >= 15 is 0 Å². The van der Waals surface area contributed by atoms with Gasteiger partial charge in [0.2, 0.25) is 11.8 Å². The van der Waals surface area contributed by atoms with Gasteiger partial charge in [-0.25, -0.2) is 9.88 Å². The van der Waals surface area contributed by atoms with Crippen molar-refractivity contribution < 1.29 is 14.3 Å². The maximum absolute atomic E-state index is 12.9. The predicted molar refractivity (Wildman–Crippen MR) is 85.5 cm³/mol. The molecule has 3 aliphatic rings. The number of nitrogens with zero attached hydrogens (tertiary/aromatic N) is 3. The summed E-state index contributed by atoms with van der Waals surface area (Å²) < 4.78 is 7.82. The number of ether oxygens (including phenoxy) is 1. The topological polar surface area (TPSA) is 64.4 Å². The standard InChI is InChI=1S/C18H17N3O3/c1-18-7-6-13(24-18)14-15(18)17(23)21(16(14)22)12-4-2-11(3-5-12)20-9-8-19-10-20/h2-5,8-10,13-15H,6-7H2,1H3. The highest BCUT2D eigenvalue weighted by Gasteiger charge is 2.67. The van der Waals surface area contributed by atoms with Crippen LogP contribution < -0.4 is 4.90 Å². The minimum atomic E-state index is -0.479. The number of imidazole rings is 1. The van der Waals surface area contributed by atoms with Gasteiger partial charge in [-0.2, -0.15) is 0 Å². The van der Waals surface area contributed by atoms with Gasteiger partial charge in [-0.3, -0.25) is 9.59 Å². The van der Waals surface area contributed by atoms with Crippen molar-refractivity contribution in [3.05, 3.63) is 43.0 Å². The molecule has 0 radical (unpaired) electrons. The summed E-state index contributed by atoms with van der Waals surface area (Å²) in [5, 5.41) is 0. The van der Waals surface area contributed by atoms with Crippen molar-refractivity contribution in [1.82, 2.24) is 9.55 Å². The van der Waals surface area contributed by atoms with Crippen LogP contribution in [0.3, 0.4) is 0 Å². The second-order valence-electron chi connectivity index (χ2n) is 7.01. The summed E-state index contributed by atoms with van der Waals surface area (Å²) in [7, 11) is 0. The van der Waals surface area contributed by atoms with Gasteiger partial charge in [0.05, 0.1) is 35.6 Å². The molecule has 2 aromatic rings. The molecule has 4 unspecified atom stereocenters. The van der Waals surface area contributed by atoms with Crippen LogP contribution >= 0.6 is 0 Å². The monoisotopic (exact) mass is 323 g/mol. The van der Waals surface area contributed by atoms with Crippen LogP contribution in [0, 0.1) is 11.8 Å². The van der Waals surface area contributed by atoms with Gasteiger partial charge < -0.3 is 9.30 Å². The van der Waals surface area contributed by atoms with Crippen LogP contribution in [0.2, 0.25) is 0 Å². The van der Waals surface area contributed by atoms with Crippen molar-refractivity contribution in [2.75, 3.05) is 4.90 Å². The molecule has 0 saturated carbocycles. The van der Waals surface area contributed by atoms with E-state index in [2.05, 4.69) is 4.98 Å². The Hall–Kier alpha value is -2.47. The molecule has 1 aromatic heterocycles. The van der Waals surface area contributed by atoms with E-state index < -0.39 is 5.60 Å². The molecule has 0 aliphatic carbocycles. The fraction of sp³-hybridized carbons (Fsp3) is 0.389. The van der Waals surface area contributed by atoms with Crippen LogP contribution in [-0.4, -0.2) is 33.1 Å². The number of anilines is 1. The van der Waals surface area contributed by atoms with Crippen molar-refractivity contribution in [2.24, 2.45) is 11.8 Å². The predicted octanol–water partition coefficient (Wildman–Crippen LogP) is 1.93. The van der Waals surface area contributed by atoms with Crippen molar-refractivity contribution in [3.8, 4) is 5.69 Å². The average Bonchev–Trinajstić information content (AvgIpc) is 3.31. The van der Waals surface area contributed by atoms with E-state index in [9.17, 15) is 9.59 Å². The van der Waals surface area contributed by atoms with Gasteiger partial charge in [0, 0.05) is 18.1 Å². The van der Waals surface area contributed by atoms with Crippen molar-refractivity contribution in [1.29, 1.82) is 0 Å². The summed E-state index contributed by atoms with van der Waals surface area (Å²) >= 11 is 0. The Bertz CT molecular complexity index is 830. The second-order valence-corrected chi connectivity index (χ2v) is 7.01. The maximum atomic E-state index is 12.9. The van der Waals surface area contributed by atoms with E-state index in [-0.39, 0.29) is 29.8 Å². The quantitative estimate of drug-likeness (QED) is 0.792. The Kier molecular flexibility index (Phi) is 2.63. The van der Waals surface area contributed by atoms with E-state index in [0.717, 1.165) is 18.5 Å². The fourth-order valence-electron chi connectivity index (χ4n) is 4.52. The third kappa shape index (κ3) is 1.66. The molecule has 4 atom stereocenters. The van der Waals surface area contributed by atoms with Crippen LogP contribution in [0.5, 0.6) is 0 Å². The first-order valence-corrected chi connectivity index (χ1v) is 8.22. The number of amides is 2. The lowest BCUT2D eigenvalue weighted by atomic mass is 9.74. The number of carbonyl (C=O) groups is 2. The lowest BCUT2D eigenvalue weighted by Gasteiger charge is -2.26. The first-order chi connectivity index (χ1) is 11.6. The zero-order chi connectivity index (χ0) is 16.5. The average molecular weight is 323 g/mol. The highest BCUT2D eigenvalue weighted by atomic mass is 16.5. The molecular formula is C18H17N3O3. The van der Waals surface area contributed by atoms with Gasteiger partial charge in [0.15, 0.2) is 0 Å². The van der Waals surface area contributed by atoms with Crippen molar-refractivity contribution in [2.45, 2.75) is 31.5 Å². The molecule has 4 heterocycles. The largest absolute Gasteiger partial charge is 0.370 e. The van der Waals surface area contributed by atoms with E-state index in [1.165, 1.54) is 4.90 Å². The molecule has 6 heteroatoms. The van der Waals surface area contributed by atoms with Gasteiger partial charge in [0.25, 0.3) is 0 Å². The van der Waals surface area contributed by atoms with Gasteiger partial charge in [0.1, 0.15) is 0 Å². The van der Waals surface area contributed by atoms with Gasteiger partial charge in [-0.1, -0.05) is 0 Å². The zero-order valence-corrected chi connectivity index (χ0v) is 13.3. The number of carbonyl (C=O) groups excluding carboxylic acids is 2. The molecule has 3 saturated heterocycles. The lowest BCUT2D eigenvalue weighted by molar-refractivity contribution is -0.126. The van der Waals surface area contributed by atoms with Crippen molar-refractivity contribution >= 4 is 17.5 Å². The van der Waals surface area contributed by atoms with Crippen molar-refractivity contribution in [3.63, 3.8) is 0 Å².